The van der Waals surface area contributed by atoms with Gasteiger partial charge in [0.15, 0.2) is 0 Å². The summed E-state index contributed by atoms with van der Waals surface area (Å²) in [4.78, 5) is 27.3. The number of nitrogens with zero attached hydrogens (tertiary/aromatic N) is 1. The standard InChI is InChI=1S/C13H16ClFN2O3/c1-4-7(2)10(13(19)20-3)17-12(18)9-5-8(15)6-16-11(9)14/h5-7,10H,4H2,1-3H3,(H,17,18). The van der Waals surface area contributed by atoms with Crippen LogP contribution in [0.5, 0.6) is 0 Å². The van der Waals surface area contributed by atoms with Gasteiger partial charge >= 0.3 is 5.97 Å². The summed E-state index contributed by atoms with van der Waals surface area (Å²) < 4.78 is 17.8. The van der Waals surface area contributed by atoms with E-state index in [1.807, 2.05) is 6.92 Å². The van der Waals surface area contributed by atoms with Crippen molar-refractivity contribution in [2.75, 3.05) is 7.11 Å². The van der Waals surface area contributed by atoms with Crippen molar-refractivity contribution in [3.8, 4) is 0 Å². The van der Waals surface area contributed by atoms with Gasteiger partial charge in [-0.15, -0.1) is 0 Å². The van der Waals surface area contributed by atoms with Crippen molar-refractivity contribution >= 4 is 23.5 Å². The Labute approximate surface area is 121 Å². The molecule has 1 rings (SSSR count). The summed E-state index contributed by atoms with van der Waals surface area (Å²) in [6, 6.07) is 0.145. The van der Waals surface area contributed by atoms with E-state index in [2.05, 4.69) is 15.0 Å². The molecule has 5 nitrogen and oxygen atoms in total. The van der Waals surface area contributed by atoms with Gasteiger partial charge in [0.25, 0.3) is 5.91 Å². The number of rotatable bonds is 5. The highest BCUT2D eigenvalue weighted by atomic mass is 35.5. The van der Waals surface area contributed by atoms with Crippen LogP contribution in [0.1, 0.15) is 30.6 Å². The minimum Gasteiger partial charge on any atom is -0.467 e. The van der Waals surface area contributed by atoms with Gasteiger partial charge in [-0.3, -0.25) is 4.79 Å². The lowest BCUT2D eigenvalue weighted by Gasteiger charge is -2.21. The largest absolute Gasteiger partial charge is 0.467 e. The lowest BCUT2D eigenvalue weighted by molar-refractivity contribution is -0.144. The maximum Gasteiger partial charge on any atom is 0.328 e. The van der Waals surface area contributed by atoms with Gasteiger partial charge < -0.3 is 10.1 Å². The van der Waals surface area contributed by atoms with Gasteiger partial charge in [0.05, 0.1) is 18.9 Å². The molecule has 1 amide bonds. The molecule has 0 bridgehead atoms. The third-order valence-corrected chi connectivity index (χ3v) is 3.31. The highest BCUT2D eigenvalue weighted by Gasteiger charge is 2.28. The molecular formula is C13H16ClFN2O3. The van der Waals surface area contributed by atoms with E-state index in [-0.39, 0.29) is 16.6 Å². The smallest absolute Gasteiger partial charge is 0.328 e. The number of pyridine rings is 1. The molecule has 1 aromatic rings. The topological polar surface area (TPSA) is 68.3 Å². The van der Waals surface area contributed by atoms with Gasteiger partial charge in [0.2, 0.25) is 0 Å². The molecule has 1 aromatic heterocycles. The number of halogens is 2. The number of aromatic nitrogens is 1. The van der Waals surface area contributed by atoms with Crippen LogP contribution in [0.2, 0.25) is 5.15 Å². The number of carbonyl (C=O) groups excluding carboxylic acids is 2. The van der Waals surface area contributed by atoms with Gasteiger partial charge in [-0.25, -0.2) is 14.2 Å². The number of methoxy groups -OCH3 is 1. The van der Waals surface area contributed by atoms with E-state index in [0.29, 0.717) is 6.42 Å². The summed E-state index contributed by atoms with van der Waals surface area (Å²) in [6.07, 6.45) is 1.57. The summed E-state index contributed by atoms with van der Waals surface area (Å²) in [5.74, 6) is -2.05. The van der Waals surface area contributed by atoms with Crippen LogP contribution in [-0.2, 0) is 9.53 Å². The Hall–Kier alpha value is -1.69. The van der Waals surface area contributed by atoms with E-state index in [1.54, 1.807) is 6.92 Å². The van der Waals surface area contributed by atoms with Gasteiger partial charge in [-0.05, 0) is 12.0 Å². The summed E-state index contributed by atoms with van der Waals surface area (Å²) in [5.41, 5.74) is -0.121. The molecule has 0 aliphatic carbocycles. The van der Waals surface area contributed by atoms with Crippen molar-refractivity contribution in [1.82, 2.24) is 10.3 Å². The second-order valence-corrected chi connectivity index (χ2v) is 4.71. The molecule has 0 saturated carbocycles. The molecule has 0 aromatic carbocycles. The summed E-state index contributed by atoms with van der Waals surface area (Å²) in [6.45, 7) is 3.68. The Morgan fingerprint density at radius 3 is 2.75 bits per heavy atom. The monoisotopic (exact) mass is 302 g/mol. The van der Waals surface area contributed by atoms with Crippen LogP contribution in [0.4, 0.5) is 4.39 Å². The molecule has 7 heteroatoms. The zero-order chi connectivity index (χ0) is 15.3. The normalized spacial score (nSPS) is 13.4. The van der Waals surface area contributed by atoms with E-state index in [9.17, 15) is 14.0 Å². The number of nitrogens with one attached hydrogen (secondary N) is 1. The second-order valence-electron chi connectivity index (χ2n) is 4.35. The number of amides is 1. The fourth-order valence-electron chi connectivity index (χ4n) is 1.60. The SMILES string of the molecule is CCC(C)C(NC(=O)c1cc(F)cnc1Cl)C(=O)OC. The summed E-state index contributed by atoms with van der Waals surface area (Å²) in [5, 5.41) is 2.37. The van der Waals surface area contributed by atoms with Crippen LogP contribution in [0.25, 0.3) is 0 Å². The van der Waals surface area contributed by atoms with E-state index in [1.165, 1.54) is 7.11 Å². The molecule has 110 valence electrons. The average molecular weight is 303 g/mol. The van der Waals surface area contributed by atoms with E-state index < -0.39 is 23.7 Å². The van der Waals surface area contributed by atoms with Gasteiger partial charge in [-0.1, -0.05) is 31.9 Å². The van der Waals surface area contributed by atoms with Gasteiger partial charge in [-0.2, -0.15) is 0 Å². The predicted octanol–water partition coefficient (Wildman–Crippen LogP) is 2.19. The van der Waals surface area contributed by atoms with E-state index >= 15 is 0 Å². The quantitative estimate of drug-likeness (QED) is 0.669. The number of hydrogen-bond donors (Lipinski definition) is 1. The number of carbonyl (C=O) groups is 2. The maximum atomic E-state index is 13.1. The Bertz CT molecular complexity index is 510. The first-order chi connectivity index (χ1) is 9.40. The molecule has 2 atom stereocenters. The van der Waals surface area contributed by atoms with Crippen molar-refractivity contribution in [3.05, 3.63) is 28.8 Å². The van der Waals surface area contributed by atoms with E-state index in [4.69, 9.17) is 11.6 Å². The molecule has 1 heterocycles. The second kappa shape index (κ2) is 7.19. The van der Waals surface area contributed by atoms with Crippen LogP contribution in [0, 0.1) is 11.7 Å². The first-order valence-corrected chi connectivity index (χ1v) is 6.48. The molecule has 1 N–H and O–H groups in total. The Kier molecular flexibility index (Phi) is 5.88. The molecular weight excluding hydrogens is 287 g/mol. The third-order valence-electron chi connectivity index (χ3n) is 3.01. The minimum atomic E-state index is -0.822. The summed E-state index contributed by atoms with van der Waals surface area (Å²) in [7, 11) is 1.24. The van der Waals surface area contributed by atoms with Crippen molar-refractivity contribution in [2.24, 2.45) is 5.92 Å². The highest BCUT2D eigenvalue weighted by molar-refractivity contribution is 6.32. The van der Waals surface area contributed by atoms with E-state index in [0.717, 1.165) is 12.3 Å². The lowest BCUT2D eigenvalue weighted by Crippen LogP contribution is -2.45. The molecule has 0 aliphatic heterocycles. The molecule has 0 radical (unpaired) electrons. The molecule has 0 aliphatic rings. The zero-order valence-electron chi connectivity index (χ0n) is 11.4. The molecule has 0 fully saturated rings. The van der Waals surface area contributed by atoms with Gasteiger partial charge in [0, 0.05) is 0 Å². The number of esters is 1. The molecule has 0 saturated heterocycles. The van der Waals surface area contributed by atoms with Crippen LogP contribution >= 0.6 is 11.6 Å². The third kappa shape index (κ3) is 3.90. The maximum absolute atomic E-state index is 13.1. The highest BCUT2D eigenvalue weighted by Crippen LogP contribution is 2.15. The Balaban J connectivity index is 2.96. The first-order valence-electron chi connectivity index (χ1n) is 6.10. The first kappa shape index (κ1) is 16.4. The number of ether oxygens (including phenoxy) is 1. The van der Waals surface area contributed by atoms with Crippen LogP contribution in [-0.4, -0.2) is 30.0 Å². The fraction of sp³-hybridized carbons (Fsp3) is 0.462. The lowest BCUT2D eigenvalue weighted by atomic mass is 9.99. The molecule has 2 unspecified atom stereocenters. The summed E-state index contributed by atoms with van der Waals surface area (Å²) >= 11 is 5.75. The van der Waals surface area contributed by atoms with Crippen molar-refractivity contribution in [2.45, 2.75) is 26.3 Å². The fourth-order valence-corrected chi connectivity index (χ4v) is 1.79. The number of hydrogen-bond acceptors (Lipinski definition) is 4. The zero-order valence-corrected chi connectivity index (χ0v) is 12.2. The van der Waals surface area contributed by atoms with Crippen LogP contribution < -0.4 is 5.32 Å². The molecule has 20 heavy (non-hydrogen) atoms. The average Bonchev–Trinajstić information content (AvgIpc) is 2.45. The minimum absolute atomic E-state index is 0.121. The van der Waals surface area contributed by atoms with Crippen molar-refractivity contribution in [1.29, 1.82) is 0 Å². The Morgan fingerprint density at radius 2 is 2.20 bits per heavy atom. The molecule has 0 spiro atoms. The Morgan fingerprint density at radius 1 is 1.55 bits per heavy atom. The van der Waals surface area contributed by atoms with Gasteiger partial charge in [0.1, 0.15) is 17.0 Å². The predicted molar refractivity (Wildman–Crippen MR) is 71.9 cm³/mol. The van der Waals surface area contributed by atoms with Crippen molar-refractivity contribution < 1.29 is 18.7 Å². The van der Waals surface area contributed by atoms with Crippen LogP contribution in [0.3, 0.4) is 0 Å². The van der Waals surface area contributed by atoms with Crippen LogP contribution in [0.15, 0.2) is 12.3 Å². The van der Waals surface area contributed by atoms with Crippen molar-refractivity contribution in [3.63, 3.8) is 0 Å².